The molecular formula is C3H7Cl2OSi. The summed E-state index contributed by atoms with van der Waals surface area (Å²) in [5.74, 6) is 0. The summed E-state index contributed by atoms with van der Waals surface area (Å²) >= 11 is 10.8. The Morgan fingerprint density at radius 1 is 1.57 bits per heavy atom. The van der Waals surface area contributed by atoms with E-state index in [1.807, 2.05) is 6.92 Å². The molecule has 0 aliphatic carbocycles. The van der Waals surface area contributed by atoms with Crippen LogP contribution in [0.4, 0.5) is 0 Å². The van der Waals surface area contributed by atoms with Crippen molar-refractivity contribution < 1.29 is 4.74 Å². The lowest BCUT2D eigenvalue weighted by atomic mass is 10.9. The Bertz CT molecular complexity index is 41.9. The quantitative estimate of drug-likeness (QED) is 0.447. The monoisotopic (exact) mass is 157 g/mol. The molecule has 0 aliphatic rings. The van der Waals surface area contributed by atoms with E-state index in [9.17, 15) is 0 Å². The Morgan fingerprint density at radius 2 is 2.14 bits per heavy atom. The van der Waals surface area contributed by atoms with Crippen molar-refractivity contribution in [3.05, 3.63) is 0 Å². The highest BCUT2D eigenvalue weighted by atomic mass is 35.7. The molecule has 43 valence electrons. The molecule has 0 amide bonds. The summed E-state index contributed by atoms with van der Waals surface area (Å²) < 4.78 is 4.88. The molecule has 0 aliphatic heterocycles. The molecule has 0 N–H and O–H groups in total. The summed E-state index contributed by atoms with van der Waals surface area (Å²) in [6.07, 6.45) is 0.532. The largest absolute Gasteiger partial charge is 0.382 e. The lowest BCUT2D eigenvalue weighted by Crippen LogP contribution is -2.05. The van der Waals surface area contributed by atoms with Crippen LogP contribution in [0, 0.1) is 0 Å². The fourth-order valence-corrected chi connectivity index (χ4v) is 1.00. The van der Waals surface area contributed by atoms with E-state index in [2.05, 4.69) is 0 Å². The molecule has 0 unspecified atom stereocenters. The van der Waals surface area contributed by atoms with Gasteiger partial charge in [0.05, 0.1) is 6.23 Å². The van der Waals surface area contributed by atoms with Crippen LogP contribution in [0.1, 0.15) is 6.92 Å². The van der Waals surface area contributed by atoms with E-state index in [4.69, 9.17) is 26.9 Å². The molecule has 0 saturated heterocycles. The van der Waals surface area contributed by atoms with Gasteiger partial charge in [0.1, 0.15) is 0 Å². The summed E-state index contributed by atoms with van der Waals surface area (Å²) in [5, 5.41) is 0. The maximum absolute atomic E-state index is 5.40. The van der Waals surface area contributed by atoms with E-state index in [0.29, 0.717) is 12.8 Å². The average Bonchev–Trinajstić information content (AvgIpc) is 1.61. The molecular weight excluding hydrogens is 151 g/mol. The maximum atomic E-state index is 5.40. The molecule has 0 spiro atoms. The number of ether oxygens (including phenoxy) is 1. The second kappa shape index (κ2) is 4.90. The maximum Gasteiger partial charge on any atom is 0.300 e. The van der Waals surface area contributed by atoms with Gasteiger partial charge in [0.15, 0.2) is 0 Å². The first-order chi connectivity index (χ1) is 3.27. The molecule has 0 aromatic rings. The molecule has 0 aromatic heterocycles. The van der Waals surface area contributed by atoms with Crippen LogP contribution in [0.3, 0.4) is 0 Å². The van der Waals surface area contributed by atoms with E-state index < -0.39 is 7.42 Å². The molecule has 0 heterocycles. The molecule has 0 aromatic carbocycles. The van der Waals surface area contributed by atoms with Gasteiger partial charge in [-0.05, 0) is 6.92 Å². The predicted molar refractivity (Wildman–Crippen MR) is 34.0 cm³/mol. The highest BCUT2D eigenvalue weighted by molar-refractivity contribution is 7.33. The molecule has 0 rings (SSSR count). The van der Waals surface area contributed by atoms with Crippen molar-refractivity contribution in [3.63, 3.8) is 0 Å². The Balaban J connectivity index is 2.68. The number of halogens is 2. The van der Waals surface area contributed by atoms with Crippen LogP contribution < -0.4 is 0 Å². The molecule has 4 heteroatoms. The molecule has 0 bridgehead atoms. The van der Waals surface area contributed by atoms with Crippen molar-refractivity contribution in [2.45, 2.75) is 6.92 Å². The topological polar surface area (TPSA) is 9.23 Å². The van der Waals surface area contributed by atoms with Crippen molar-refractivity contribution in [1.29, 1.82) is 0 Å². The molecule has 7 heavy (non-hydrogen) atoms. The summed E-state index contributed by atoms with van der Waals surface area (Å²) in [6.45, 7) is 2.62. The first kappa shape index (κ1) is 7.76. The van der Waals surface area contributed by atoms with E-state index in [-0.39, 0.29) is 0 Å². The summed E-state index contributed by atoms with van der Waals surface area (Å²) in [6, 6.07) is 0. The van der Waals surface area contributed by atoms with E-state index >= 15 is 0 Å². The van der Waals surface area contributed by atoms with Crippen LogP contribution in [0.25, 0.3) is 0 Å². The third kappa shape index (κ3) is 6.76. The molecule has 0 fully saturated rings. The SMILES string of the molecule is CCOC[Si](Cl)Cl. The minimum Gasteiger partial charge on any atom is -0.382 e. The fraction of sp³-hybridized carbons (Fsp3) is 1.00. The van der Waals surface area contributed by atoms with Gasteiger partial charge in [0, 0.05) is 6.61 Å². The first-order valence-electron chi connectivity index (χ1n) is 2.02. The highest BCUT2D eigenvalue weighted by Crippen LogP contribution is 1.94. The zero-order valence-electron chi connectivity index (χ0n) is 4.08. The molecule has 1 nitrogen and oxygen atoms in total. The third-order valence-corrected chi connectivity index (χ3v) is 1.49. The van der Waals surface area contributed by atoms with Crippen molar-refractivity contribution >= 4 is 29.6 Å². The Kier molecular flexibility index (Phi) is 5.44. The van der Waals surface area contributed by atoms with Gasteiger partial charge in [-0.15, -0.1) is 22.2 Å². The summed E-state index contributed by atoms with van der Waals surface area (Å²) in [7, 11) is -1.18. The second-order valence-corrected chi connectivity index (χ2v) is 5.26. The van der Waals surface area contributed by atoms with Gasteiger partial charge in [0.25, 0.3) is 7.42 Å². The van der Waals surface area contributed by atoms with Gasteiger partial charge in [-0.2, -0.15) is 0 Å². The Labute approximate surface area is 54.6 Å². The van der Waals surface area contributed by atoms with Gasteiger partial charge in [0.2, 0.25) is 0 Å². The number of hydrogen-bond donors (Lipinski definition) is 0. The smallest absolute Gasteiger partial charge is 0.300 e. The van der Waals surface area contributed by atoms with Crippen LogP contribution in [0.15, 0.2) is 0 Å². The Morgan fingerprint density at radius 3 is 2.29 bits per heavy atom. The van der Waals surface area contributed by atoms with Gasteiger partial charge in [-0.1, -0.05) is 0 Å². The lowest BCUT2D eigenvalue weighted by Gasteiger charge is -1.95. The van der Waals surface area contributed by atoms with E-state index in [1.165, 1.54) is 0 Å². The molecule has 1 radical (unpaired) electrons. The predicted octanol–water partition coefficient (Wildman–Crippen LogP) is 1.53. The van der Waals surface area contributed by atoms with Gasteiger partial charge in [-0.3, -0.25) is 0 Å². The number of rotatable bonds is 3. The summed E-state index contributed by atoms with van der Waals surface area (Å²) in [5.41, 5.74) is 0. The highest BCUT2D eigenvalue weighted by Gasteiger charge is 1.99. The van der Waals surface area contributed by atoms with E-state index in [0.717, 1.165) is 0 Å². The van der Waals surface area contributed by atoms with Crippen molar-refractivity contribution in [2.24, 2.45) is 0 Å². The minimum absolute atomic E-state index is 0.532. The second-order valence-electron chi connectivity index (χ2n) is 0.976. The Hall–Kier alpha value is 0.757. The van der Waals surface area contributed by atoms with Crippen LogP contribution >= 0.6 is 22.2 Å². The van der Waals surface area contributed by atoms with Crippen LogP contribution in [-0.4, -0.2) is 20.3 Å². The normalized spacial score (nSPS) is 10.3. The molecule has 0 saturated carbocycles. The van der Waals surface area contributed by atoms with Crippen LogP contribution in [-0.2, 0) is 4.74 Å². The zero-order chi connectivity index (χ0) is 5.70. The van der Waals surface area contributed by atoms with Crippen LogP contribution in [0.2, 0.25) is 0 Å². The van der Waals surface area contributed by atoms with E-state index in [1.54, 1.807) is 0 Å². The van der Waals surface area contributed by atoms with Crippen molar-refractivity contribution in [3.8, 4) is 0 Å². The minimum atomic E-state index is -1.18. The average molecular weight is 158 g/mol. The lowest BCUT2D eigenvalue weighted by molar-refractivity contribution is 0.193. The van der Waals surface area contributed by atoms with Gasteiger partial charge >= 0.3 is 0 Å². The summed E-state index contributed by atoms with van der Waals surface area (Å²) in [4.78, 5) is 0. The van der Waals surface area contributed by atoms with Gasteiger partial charge in [-0.25, -0.2) is 0 Å². The standard InChI is InChI=1S/C3H7Cl2OSi/c1-2-6-3-7(4)5/h2-3H2,1H3. The van der Waals surface area contributed by atoms with Crippen LogP contribution in [0.5, 0.6) is 0 Å². The van der Waals surface area contributed by atoms with Crippen molar-refractivity contribution in [1.82, 2.24) is 0 Å². The molecule has 0 atom stereocenters. The number of hydrogen-bond acceptors (Lipinski definition) is 1. The fourth-order valence-electron chi connectivity index (χ4n) is 0.179. The first-order valence-corrected chi connectivity index (χ1v) is 5.75. The third-order valence-electron chi connectivity index (χ3n) is 0.415. The zero-order valence-corrected chi connectivity index (χ0v) is 6.59. The van der Waals surface area contributed by atoms with Gasteiger partial charge < -0.3 is 4.74 Å². The van der Waals surface area contributed by atoms with Crippen molar-refractivity contribution in [2.75, 3.05) is 12.8 Å².